The molecule has 5 aromatic rings. The highest BCUT2D eigenvalue weighted by Crippen LogP contribution is 2.28. The molecule has 0 bridgehead atoms. The number of para-hydroxylation sites is 2. The minimum atomic E-state index is -0.429. The molecule has 3 aromatic heterocycles. The molecular formula is C24H18FN7O. The quantitative estimate of drug-likeness (QED) is 0.407. The Morgan fingerprint density at radius 3 is 2.55 bits per heavy atom. The Hall–Kier alpha value is -4.66. The topological polar surface area (TPSA) is 111 Å². The van der Waals surface area contributed by atoms with E-state index in [4.69, 9.17) is 5.73 Å². The van der Waals surface area contributed by atoms with Crippen LogP contribution >= 0.6 is 0 Å². The Morgan fingerprint density at radius 2 is 1.82 bits per heavy atom. The number of anilines is 1. The lowest BCUT2D eigenvalue weighted by Gasteiger charge is -2.06. The van der Waals surface area contributed by atoms with Crippen LogP contribution < -0.4 is 11.1 Å². The van der Waals surface area contributed by atoms with Gasteiger partial charge in [0.2, 0.25) is 0 Å². The number of fused-ring (bicyclic) bond motifs is 2. The van der Waals surface area contributed by atoms with E-state index in [0.29, 0.717) is 22.2 Å². The smallest absolute Gasteiger partial charge is 0.257 e. The van der Waals surface area contributed by atoms with Gasteiger partial charge in [-0.15, -0.1) is 0 Å². The highest BCUT2D eigenvalue weighted by molar-refractivity contribution is 6.10. The first-order chi connectivity index (χ1) is 16.1. The van der Waals surface area contributed by atoms with Gasteiger partial charge >= 0.3 is 0 Å². The second kappa shape index (κ2) is 8.46. The molecule has 0 unspecified atom stereocenters. The molecule has 3 heterocycles. The van der Waals surface area contributed by atoms with E-state index in [-0.39, 0.29) is 23.7 Å². The van der Waals surface area contributed by atoms with Crippen molar-refractivity contribution in [2.24, 2.45) is 5.10 Å². The summed E-state index contributed by atoms with van der Waals surface area (Å²) in [5.41, 5.74) is 10.0. The van der Waals surface area contributed by atoms with Crippen molar-refractivity contribution in [3.05, 3.63) is 95.6 Å². The molecule has 3 N–H and O–H groups in total. The molecule has 5 rings (SSSR count). The van der Waals surface area contributed by atoms with Gasteiger partial charge in [-0.1, -0.05) is 30.3 Å². The van der Waals surface area contributed by atoms with Gasteiger partial charge in [-0.2, -0.15) is 9.78 Å². The molecule has 1 amide bonds. The summed E-state index contributed by atoms with van der Waals surface area (Å²) in [6, 6.07) is 16.9. The number of hydrogen-bond acceptors (Lipinski definition) is 6. The zero-order chi connectivity index (χ0) is 22.8. The number of carbonyl (C=O) groups is 1. The summed E-state index contributed by atoms with van der Waals surface area (Å²) in [6.07, 6.45) is 4.90. The lowest BCUT2D eigenvalue weighted by atomic mass is 10.2. The molecule has 0 aliphatic carbocycles. The van der Waals surface area contributed by atoms with Gasteiger partial charge in [0.25, 0.3) is 5.91 Å². The van der Waals surface area contributed by atoms with E-state index < -0.39 is 5.91 Å². The molecule has 0 saturated heterocycles. The second-order valence-corrected chi connectivity index (χ2v) is 7.30. The van der Waals surface area contributed by atoms with Gasteiger partial charge in [0.05, 0.1) is 17.2 Å². The van der Waals surface area contributed by atoms with Crippen LogP contribution in [0.4, 0.5) is 10.2 Å². The number of halogens is 1. The van der Waals surface area contributed by atoms with E-state index in [1.165, 1.54) is 16.8 Å². The number of pyridine rings is 1. The lowest BCUT2D eigenvalue weighted by molar-refractivity contribution is 0.0953. The number of aromatic nitrogens is 4. The summed E-state index contributed by atoms with van der Waals surface area (Å²) in [7, 11) is 0. The van der Waals surface area contributed by atoms with Crippen molar-refractivity contribution >= 4 is 40.1 Å². The van der Waals surface area contributed by atoms with Crippen molar-refractivity contribution < 1.29 is 9.18 Å². The van der Waals surface area contributed by atoms with Crippen molar-refractivity contribution in [1.82, 2.24) is 24.9 Å². The Bertz CT molecular complexity index is 1490. The van der Waals surface area contributed by atoms with Gasteiger partial charge in [-0.05, 0) is 35.9 Å². The van der Waals surface area contributed by atoms with E-state index >= 15 is 0 Å². The van der Waals surface area contributed by atoms with Gasteiger partial charge in [0.15, 0.2) is 5.65 Å². The molecule has 0 aliphatic rings. The van der Waals surface area contributed by atoms with Gasteiger partial charge in [0, 0.05) is 24.5 Å². The van der Waals surface area contributed by atoms with Crippen molar-refractivity contribution in [2.75, 3.05) is 5.73 Å². The first-order valence-electron chi connectivity index (χ1n) is 10.1. The van der Waals surface area contributed by atoms with Crippen LogP contribution in [0, 0.1) is 5.82 Å². The molecule has 33 heavy (non-hydrogen) atoms. The fraction of sp³-hybridized carbons (Fsp3) is 0.0417. The number of rotatable bonds is 5. The molecule has 0 saturated carbocycles. The van der Waals surface area contributed by atoms with Crippen LogP contribution in [0.5, 0.6) is 0 Å². The molecule has 9 heteroatoms. The third-order valence-corrected chi connectivity index (χ3v) is 5.07. The van der Waals surface area contributed by atoms with Crippen molar-refractivity contribution in [1.29, 1.82) is 0 Å². The predicted molar refractivity (Wildman–Crippen MR) is 124 cm³/mol. The Morgan fingerprint density at radius 1 is 1.06 bits per heavy atom. The maximum Gasteiger partial charge on any atom is 0.257 e. The van der Waals surface area contributed by atoms with E-state index in [1.54, 1.807) is 36.8 Å². The SMILES string of the molecule is Nc1c(C(=O)NCc2ccc(F)cc2)c2nc3ccccc3nc2n1/N=C\c1cccnc1. The van der Waals surface area contributed by atoms with Crippen LogP contribution in [0.15, 0.2) is 78.2 Å². The zero-order valence-electron chi connectivity index (χ0n) is 17.3. The average molecular weight is 439 g/mol. The number of nitrogens with zero attached hydrogens (tertiary/aromatic N) is 5. The normalized spacial score (nSPS) is 11.4. The zero-order valence-corrected chi connectivity index (χ0v) is 17.3. The van der Waals surface area contributed by atoms with E-state index in [0.717, 1.165) is 11.1 Å². The number of hydrogen-bond donors (Lipinski definition) is 2. The molecule has 0 fully saturated rings. The van der Waals surface area contributed by atoms with Crippen LogP contribution in [0.2, 0.25) is 0 Å². The molecule has 0 radical (unpaired) electrons. The largest absolute Gasteiger partial charge is 0.383 e. The summed E-state index contributed by atoms with van der Waals surface area (Å²) in [6.45, 7) is 0.200. The van der Waals surface area contributed by atoms with Crippen LogP contribution in [0.3, 0.4) is 0 Å². The van der Waals surface area contributed by atoms with E-state index in [1.807, 2.05) is 30.3 Å². The molecule has 0 aliphatic heterocycles. The van der Waals surface area contributed by atoms with Crippen molar-refractivity contribution in [3.63, 3.8) is 0 Å². The van der Waals surface area contributed by atoms with Crippen molar-refractivity contribution in [3.8, 4) is 0 Å². The number of nitrogens with one attached hydrogen (secondary N) is 1. The standard InChI is InChI=1S/C24H18FN7O/c25-17-9-7-15(8-10-17)13-28-24(33)20-21-23(31-19-6-2-1-5-18(19)30-21)32(22(20)26)29-14-16-4-3-11-27-12-16/h1-12,14H,13,26H2,(H,28,33)/b29-14-. The number of nitrogen functional groups attached to an aromatic ring is 1. The van der Waals surface area contributed by atoms with Crippen LogP contribution in [0.25, 0.3) is 22.2 Å². The van der Waals surface area contributed by atoms with Crippen LogP contribution in [-0.4, -0.2) is 31.7 Å². The maximum absolute atomic E-state index is 13.2. The monoisotopic (exact) mass is 439 g/mol. The summed E-state index contributed by atoms with van der Waals surface area (Å²) in [5, 5.41) is 7.26. The minimum absolute atomic E-state index is 0.108. The maximum atomic E-state index is 13.2. The second-order valence-electron chi connectivity index (χ2n) is 7.30. The highest BCUT2D eigenvalue weighted by atomic mass is 19.1. The number of carbonyl (C=O) groups excluding carboxylic acids is 1. The summed E-state index contributed by atoms with van der Waals surface area (Å²) < 4.78 is 14.6. The van der Waals surface area contributed by atoms with Gasteiger partial charge in [-0.3, -0.25) is 9.78 Å². The summed E-state index contributed by atoms with van der Waals surface area (Å²) >= 11 is 0. The van der Waals surface area contributed by atoms with E-state index in [9.17, 15) is 9.18 Å². The number of nitrogens with two attached hydrogens (primary N) is 1. The van der Waals surface area contributed by atoms with Crippen molar-refractivity contribution in [2.45, 2.75) is 6.54 Å². The lowest BCUT2D eigenvalue weighted by Crippen LogP contribution is -2.23. The first-order valence-corrected chi connectivity index (χ1v) is 10.1. The summed E-state index contributed by atoms with van der Waals surface area (Å²) in [4.78, 5) is 26.5. The Kier molecular flexibility index (Phi) is 5.19. The summed E-state index contributed by atoms with van der Waals surface area (Å²) in [5.74, 6) is -0.662. The highest BCUT2D eigenvalue weighted by Gasteiger charge is 2.24. The Labute approximate surface area is 187 Å². The fourth-order valence-corrected chi connectivity index (χ4v) is 3.44. The van der Waals surface area contributed by atoms with Gasteiger partial charge in [0.1, 0.15) is 22.7 Å². The Balaban J connectivity index is 1.58. The third-order valence-electron chi connectivity index (χ3n) is 5.07. The average Bonchev–Trinajstić information content (AvgIpc) is 3.11. The number of benzene rings is 2. The molecular weight excluding hydrogens is 421 g/mol. The molecule has 2 aromatic carbocycles. The molecule has 0 spiro atoms. The molecule has 0 atom stereocenters. The first kappa shape index (κ1) is 20.3. The van der Waals surface area contributed by atoms with Crippen LogP contribution in [-0.2, 0) is 6.54 Å². The van der Waals surface area contributed by atoms with Crippen LogP contribution in [0.1, 0.15) is 21.5 Å². The predicted octanol–water partition coefficient (Wildman–Crippen LogP) is 3.51. The van der Waals surface area contributed by atoms with E-state index in [2.05, 4.69) is 25.4 Å². The molecule has 162 valence electrons. The van der Waals surface area contributed by atoms with Gasteiger partial charge in [-0.25, -0.2) is 14.4 Å². The third kappa shape index (κ3) is 3.99. The van der Waals surface area contributed by atoms with Gasteiger partial charge < -0.3 is 11.1 Å². The molecule has 8 nitrogen and oxygen atoms in total. The number of amides is 1. The minimum Gasteiger partial charge on any atom is -0.383 e. The fourth-order valence-electron chi connectivity index (χ4n) is 3.44.